The number of benzene rings is 1. The average Bonchev–Trinajstić information content (AvgIpc) is 2.58. The van der Waals surface area contributed by atoms with Gasteiger partial charge in [0, 0.05) is 0 Å². The van der Waals surface area contributed by atoms with Crippen molar-refractivity contribution in [3.05, 3.63) is 29.3 Å². The largest absolute Gasteiger partial charge is 0.318 e. The van der Waals surface area contributed by atoms with Gasteiger partial charge in [0.1, 0.15) is 6.42 Å². The molecular formula is C12H9N3O2. The molecule has 1 aromatic carbocycles. The molecule has 5 nitrogen and oxygen atoms in total. The molecule has 0 aromatic heterocycles. The number of fused-ring (bicyclic) bond motifs is 1. The molecule has 0 radical (unpaired) electrons. The van der Waals surface area contributed by atoms with Crippen molar-refractivity contribution in [1.82, 2.24) is 0 Å². The number of hydrogen-bond acceptors (Lipinski definition) is 4. The molecular weight excluding hydrogens is 218 g/mol. The van der Waals surface area contributed by atoms with E-state index in [-0.39, 0.29) is 6.42 Å². The molecule has 5 heteroatoms. The first-order chi connectivity index (χ1) is 8.10. The van der Waals surface area contributed by atoms with Crippen LogP contribution in [0.5, 0.6) is 0 Å². The van der Waals surface area contributed by atoms with Crippen LogP contribution in [0.15, 0.2) is 18.2 Å². The van der Waals surface area contributed by atoms with Crippen molar-refractivity contribution >= 4 is 17.4 Å². The summed E-state index contributed by atoms with van der Waals surface area (Å²) in [5, 5.41) is 17.7. The molecule has 84 valence electrons. The third-order valence-electron chi connectivity index (χ3n) is 2.03. The number of anilines is 1. The average molecular weight is 227 g/mol. The van der Waals surface area contributed by atoms with E-state index in [4.69, 9.17) is 10.5 Å². The van der Waals surface area contributed by atoms with Crippen molar-refractivity contribution in [2.75, 3.05) is 5.32 Å². The summed E-state index contributed by atoms with van der Waals surface area (Å²) in [6, 6.07) is 8.63. The quantitative estimate of drug-likeness (QED) is 0.680. The summed E-state index contributed by atoms with van der Waals surface area (Å²) in [6.45, 7) is 1.89. The second-order valence-electron chi connectivity index (χ2n) is 3.33. The second-order valence-corrected chi connectivity index (χ2v) is 3.33. The number of nitrogens with zero attached hydrogens (tertiary/aromatic N) is 2. The Morgan fingerprint density at radius 1 is 1.24 bits per heavy atom. The Balaban J connectivity index is 0.000000249. The first-order valence-corrected chi connectivity index (χ1v) is 4.80. The highest BCUT2D eigenvalue weighted by Crippen LogP contribution is 2.23. The van der Waals surface area contributed by atoms with Gasteiger partial charge < -0.3 is 5.32 Å². The lowest BCUT2D eigenvalue weighted by atomic mass is 10.1. The second kappa shape index (κ2) is 5.43. The molecule has 1 amide bonds. The van der Waals surface area contributed by atoms with Gasteiger partial charge in [-0.1, -0.05) is 11.6 Å². The summed E-state index contributed by atoms with van der Waals surface area (Å²) in [7, 11) is 0. The van der Waals surface area contributed by atoms with E-state index in [9.17, 15) is 9.59 Å². The maximum Gasteiger partial charge on any atom is 0.296 e. The molecule has 0 fully saturated rings. The molecule has 0 spiro atoms. The van der Waals surface area contributed by atoms with Gasteiger partial charge >= 0.3 is 0 Å². The van der Waals surface area contributed by atoms with Crippen molar-refractivity contribution in [2.24, 2.45) is 0 Å². The first kappa shape index (κ1) is 12.4. The van der Waals surface area contributed by atoms with Gasteiger partial charge in [0.25, 0.3) is 11.7 Å². The Labute approximate surface area is 98.3 Å². The lowest BCUT2D eigenvalue weighted by molar-refractivity contribution is -0.112. The predicted octanol–water partition coefficient (Wildman–Crippen LogP) is 1.55. The van der Waals surface area contributed by atoms with Crippen molar-refractivity contribution in [3.63, 3.8) is 0 Å². The van der Waals surface area contributed by atoms with Gasteiger partial charge in [-0.15, -0.1) is 0 Å². The first-order valence-electron chi connectivity index (χ1n) is 4.80. The van der Waals surface area contributed by atoms with Gasteiger partial charge in [-0.2, -0.15) is 10.5 Å². The minimum absolute atomic E-state index is 0. The van der Waals surface area contributed by atoms with E-state index in [0.717, 1.165) is 5.56 Å². The maximum atomic E-state index is 11.1. The number of nitriles is 2. The summed E-state index contributed by atoms with van der Waals surface area (Å²) in [4.78, 5) is 22.0. The normalized spacial score (nSPS) is 11.5. The van der Waals surface area contributed by atoms with Crippen LogP contribution >= 0.6 is 0 Å². The number of ketones is 1. The fourth-order valence-electron chi connectivity index (χ4n) is 1.29. The molecule has 0 bridgehead atoms. The third-order valence-corrected chi connectivity index (χ3v) is 2.03. The fourth-order valence-corrected chi connectivity index (χ4v) is 1.29. The van der Waals surface area contributed by atoms with Crippen molar-refractivity contribution in [3.8, 4) is 12.1 Å². The number of carbonyl (C=O) groups excluding carboxylic acids is 2. The summed E-state index contributed by atoms with van der Waals surface area (Å²) in [6.07, 6.45) is 0. The number of aryl methyl sites for hydroxylation is 1. The van der Waals surface area contributed by atoms with E-state index in [0.29, 0.717) is 11.3 Å². The lowest BCUT2D eigenvalue weighted by Crippen LogP contribution is -2.12. The Bertz CT molecular complexity index is 538. The molecule has 0 saturated heterocycles. The van der Waals surface area contributed by atoms with E-state index >= 15 is 0 Å². The van der Waals surface area contributed by atoms with Crippen LogP contribution in [-0.2, 0) is 4.79 Å². The highest BCUT2D eigenvalue weighted by molar-refractivity contribution is 6.51. The molecule has 1 aromatic rings. The van der Waals surface area contributed by atoms with Gasteiger partial charge in [0.05, 0.1) is 23.4 Å². The van der Waals surface area contributed by atoms with Gasteiger partial charge in [-0.25, -0.2) is 0 Å². The summed E-state index contributed by atoms with van der Waals surface area (Å²) in [5.41, 5.74) is 2.09. The zero-order chi connectivity index (χ0) is 12.8. The number of carbonyl (C=O) groups is 2. The predicted molar refractivity (Wildman–Crippen MR) is 60.0 cm³/mol. The fraction of sp³-hybridized carbons (Fsp3) is 0.167. The molecule has 1 aliphatic rings. The summed E-state index contributed by atoms with van der Waals surface area (Å²) >= 11 is 0. The lowest BCUT2D eigenvalue weighted by Gasteiger charge is -1.96. The highest BCUT2D eigenvalue weighted by Gasteiger charge is 2.27. The summed E-state index contributed by atoms with van der Waals surface area (Å²) in [5.74, 6) is -0.968. The van der Waals surface area contributed by atoms with Gasteiger partial charge in [-0.3, -0.25) is 9.59 Å². The number of rotatable bonds is 0. The molecule has 0 unspecified atom stereocenters. The Morgan fingerprint density at radius 2 is 1.88 bits per heavy atom. The highest BCUT2D eigenvalue weighted by atomic mass is 16.2. The monoisotopic (exact) mass is 227 g/mol. The van der Waals surface area contributed by atoms with Gasteiger partial charge in [0.2, 0.25) is 0 Å². The van der Waals surface area contributed by atoms with E-state index in [1.165, 1.54) is 0 Å². The molecule has 0 saturated carbocycles. The van der Waals surface area contributed by atoms with Gasteiger partial charge in [0.15, 0.2) is 0 Å². The Morgan fingerprint density at radius 3 is 2.41 bits per heavy atom. The van der Waals surface area contributed by atoms with E-state index < -0.39 is 11.7 Å². The smallest absolute Gasteiger partial charge is 0.296 e. The van der Waals surface area contributed by atoms with Crippen LogP contribution in [0.25, 0.3) is 0 Å². The minimum atomic E-state index is -0.532. The zero-order valence-electron chi connectivity index (χ0n) is 9.15. The van der Waals surface area contributed by atoms with Crippen molar-refractivity contribution in [1.29, 1.82) is 10.5 Å². The molecule has 1 heterocycles. The number of amides is 1. The third kappa shape index (κ3) is 2.90. The van der Waals surface area contributed by atoms with E-state index in [1.54, 1.807) is 24.3 Å². The molecule has 17 heavy (non-hydrogen) atoms. The zero-order valence-corrected chi connectivity index (χ0v) is 9.15. The topological polar surface area (TPSA) is 93.8 Å². The van der Waals surface area contributed by atoms with Crippen LogP contribution in [0.3, 0.4) is 0 Å². The minimum Gasteiger partial charge on any atom is -0.318 e. The van der Waals surface area contributed by atoms with Crippen LogP contribution in [0, 0.1) is 29.6 Å². The van der Waals surface area contributed by atoms with Crippen LogP contribution in [0.1, 0.15) is 22.3 Å². The summed E-state index contributed by atoms with van der Waals surface area (Å²) < 4.78 is 0. The van der Waals surface area contributed by atoms with E-state index in [2.05, 4.69) is 5.32 Å². The van der Waals surface area contributed by atoms with Crippen LogP contribution in [0.4, 0.5) is 5.69 Å². The Kier molecular flexibility index (Phi) is 3.96. The van der Waals surface area contributed by atoms with E-state index in [1.807, 2.05) is 13.0 Å². The van der Waals surface area contributed by atoms with Crippen LogP contribution < -0.4 is 5.32 Å². The molecule has 0 atom stereocenters. The molecule has 2 rings (SSSR count). The molecule has 1 N–H and O–H groups in total. The van der Waals surface area contributed by atoms with Crippen LogP contribution in [-0.4, -0.2) is 11.7 Å². The maximum absolute atomic E-state index is 11.1. The number of Topliss-reactive ketones (excluding diaryl/α,β-unsaturated/α-hetero) is 1. The van der Waals surface area contributed by atoms with Gasteiger partial charge in [-0.05, 0) is 19.1 Å². The Hall–Kier alpha value is -2.66. The standard InChI is InChI=1S/C9H7NO2.C3H2N2/c1-5-2-3-7-6(4-5)8(11)9(12)10-7;4-2-1-3-5/h2-4H,1H3,(H,10,11,12);1H2. The van der Waals surface area contributed by atoms with Crippen LogP contribution in [0.2, 0.25) is 0 Å². The molecule has 1 aliphatic heterocycles. The SMILES string of the molecule is Cc1ccc2c(c1)C(=O)C(=O)N2.N#CCC#N. The van der Waals surface area contributed by atoms with Crippen molar-refractivity contribution < 1.29 is 9.59 Å². The van der Waals surface area contributed by atoms with Crippen molar-refractivity contribution in [2.45, 2.75) is 13.3 Å². The molecule has 0 aliphatic carbocycles. The number of hydrogen-bond donors (Lipinski definition) is 1. The number of nitrogens with one attached hydrogen (secondary N) is 1.